The smallest absolute Gasteiger partial charge is 0.157 e. The van der Waals surface area contributed by atoms with Gasteiger partial charge in [-0.1, -0.05) is 34.1 Å². The zero-order valence-corrected chi connectivity index (χ0v) is 8.85. The number of alkyl halides is 1. The van der Waals surface area contributed by atoms with E-state index < -0.39 is 11.2 Å². The zero-order chi connectivity index (χ0) is 8.81. The van der Waals surface area contributed by atoms with E-state index in [1.165, 1.54) is 0 Å². The minimum Gasteiger partial charge on any atom is -0.607 e. The number of rotatable bonds is 3. The molecule has 0 heterocycles. The summed E-state index contributed by atoms with van der Waals surface area (Å²) in [7, 11) is 0. The molecule has 12 heavy (non-hydrogen) atoms. The van der Waals surface area contributed by atoms with E-state index in [0.29, 0.717) is 0 Å². The van der Waals surface area contributed by atoms with E-state index in [9.17, 15) is 4.55 Å². The molecule has 0 saturated carbocycles. The van der Waals surface area contributed by atoms with Crippen molar-refractivity contribution < 1.29 is 4.55 Å². The fourth-order valence-electron chi connectivity index (χ4n) is 0.757. The lowest BCUT2D eigenvalue weighted by molar-refractivity contribution is 0.603. The average Bonchev–Trinajstić information content (AvgIpc) is 2.15. The normalized spacial score (nSPS) is 13.5. The van der Waals surface area contributed by atoms with Gasteiger partial charge in [-0.15, -0.1) is 0 Å². The van der Waals surface area contributed by atoms with E-state index >= 15 is 0 Å². The molecule has 1 aromatic carbocycles. The van der Waals surface area contributed by atoms with Crippen LogP contribution < -0.4 is 0 Å². The molecule has 3 heteroatoms. The number of hydrogen-bond donors (Lipinski definition) is 0. The van der Waals surface area contributed by atoms with Crippen LogP contribution in [0.1, 0.15) is 0 Å². The summed E-state index contributed by atoms with van der Waals surface area (Å²) in [5.41, 5.74) is 0. The molecule has 0 N–H and O–H groups in total. The van der Waals surface area contributed by atoms with Crippen LogP contribution >= 0.6 is 15.9 Å². The van der Waals surface area contributed by atoms with Crippen molar-refractivity contribution in [2.75, 3.05) is 5.33 Å². The first kappa shape index (κ1) is 9.84. The molecule has 0 bridgehead atoms. The van der Waals surface area contributed by atoms with Gasteiger partial charge in [0.1, 0.15) is 5.41 Å². The second kappa shape index (κ2) is 5.41. The summed E-state index contributed by atoms with van der Waals surface area (Å²) in [6, 6.07) is 9.39. The average molecular weight is 245 g/mol. The Bertz CT molecular complexity index is 248. The van der Waals surface area contributed by atoms with Crippen molar-refractivity contribution in [1.82, 2.24) is 0 Å². The van der Waals surface area contributed by atoms with Gasteiger partial charge in [-0.3, -0.25) is 0 Å². The first-order valence-electron chi connectivity index (χ1n) is 3.53. The topological polar surface area (TPSA) is 23.1 Å². The van der Waals surface area contributed by atoms with E-state index in [-0.39, 0.29) is 0 Å². The van der Waals surface area contributed by atoms with Gasteiger partial charge in [0.05, 0.1) is 0 Å². The van der Waals surface area contributed by atoms with Crippen molar-refractivity contribution in [3.63, 3.8) is 0 Å². The second-order valence-corrected chi connectivity index (χ2v) is 4.12. The first-order valence-corrected chi connectivity index (χ1v) is 5.86. The van der Waals surface area contributed by atoms with E-state index in [2.05, 4.69) is 15.9 Å². The summed E-state index contributed by atoms with van der Waals surface area (Å²) in [6.45, 7) is 0. The third-order valence-electron chi connectivity index (χ3n) is 1.28. The predicted octanol–water partition coefficient (Wildman–Crippen LogP) is 2.70. The summed E-state index contributed by atoms with van der Waals surface area (Å²) in [5.74, 6) is 0. The molecule has 1 rings (SSSR count). The number of benzene rings is 1. The van der Waals surface area contributed by atoms with Crippen LogP contribution in [0.2, 0.25) is 0 Å². The van der Waals surface area contributed by atoms with E-state index in [1.54, 1.807) is 5.41 Å². The van der Waals surface area contributed by atoms with Crippen molar-refractivity contribution in [3.8, 4) is 0 Å². The Hall–Kier alpha value is -0.250. The Labute approximate surface area is 83.8 Å². The summed E-state index contributed by atoms with van der Waals surface area (Å²) in [5, 5.41) is 2.43. The highest BCUT2D eigenvalue weighted by Crippen LogP contribution is 2.10. The second-order valence-electron chi connectivity index (χ2n) is 2.14. The number of hydrogen-bond acceptors (Lipinski definition) is 1. The van der Waals surface area contributed by atoms with Gasteiger partial charge in [-0.25, -0.2) is 0 Å². The fraction of sp³-hybridized carbons (Fsp3) is 0.111. The van der Waals surface area contributed by atoms with Crippen LogP contribution in [0.25, 0.3) is 0 Å². The van der Waals surface area contributed by atoms with Crippen molar-refractivity contribution in [3.05, 3.63) is 41.8 Å². The van der Waals surface area contributed by atoms with Gasteiger partial charge < -0.3 is 4.55 Å². The maximum absolute atomic E-state index is 11.4. The molecule has 0 aromatic heterocycles. The lowest BCUT2D eigenvalue weighted by atomic mass is 10.4. The Morgan fingerprint density at radius 1 is 1.33 bits per heavy atom. The van der Waals surface area contributed by atoms with Gasteiger partial charge in [0, 0.05) is 16.5 Å². The maximum Gasteiger partial charge on any atom is 0.157 e. The molecule has 1 unspecified atom stereocenters. The largest absolute Gasteiger partial charge is 0.607 e. The molecule has 1 atom stereocenters. The molecule has 0 fully saturated rings. The number of allylic oxidation sites excluding steroid dienone is 1. The molecule has 0 aliphatic carbocycles. The van der Waals surface area contributed by atoms with Crippen LogP contribution in [-0.2, 0) is 11.2 Å². The summed E-state index contributed by atoms with van der Waals surface area (Å²) < 4.78 is 11.4. The SMILES string of the molecule is [O-][S+](C=CCBr)c1ccccc1. The molecule has 1 nitrogen and oxygen atoms in total. The Balaban J connectivity index is 2.65. The van der Waals surface area contributed by atoms with Crippen LogP contribution in [0.3, 0.4) is 0 Å². The molecule has 0 radical (unpaired) electrons. The predicted molar refractivity (Wildman–Crippen MR) is 55.8 cm³/mol. The Morgan fingerprint density at radius 3 is 2.58 bits per heavy atom. The molecule has 0 spiro atoms. The number of halogens is 1. The third kappa shape index (κ3) is 3.01. The molecule has 0 amide bonds. The minimum atomic E-state index is -0.994. The highest BCUT2D eigenvalue weighted by Gasteiger charge is 2.03. The lowest BCUT2D eigenvalue weighted by Crippen LogP contribution is -1.95. The molecule has 0 saturated heterocycles. The third-order valence-corrected chi connectivity index (χ3v) is 2.83. The summed E-state index contributed by atoms with van der Waals surface area (Å²) in [4.78, 5) is 0.842. The van der Waals surface area contributed by atoms with Crippen molar-refractivity contribution >= 4 is 27.1 Å². The Morgan fingerprint density at radius 2 is 2.00 bits per heavy atom. The van der Waals surface area contributed by atoms with E-state index in [4.69, 9.17) is 0 Å². The summed E-state index contributed by atoms with van der Waals surface area (Å²) in [6.07, 6.45) is 1.84. The fourth-order valence-corrected chi connectivity index (χ4v) is 2.04. The minimum absolute atomic E-state index is 0.742. The molecule has 0 aliphatic rings. The standard InChI is InChI=1S/C9H9BrOS/c10-7-4-8-12(11)9-5-2-1-3-6-9/h1-6,8H,7H2. The Kier molecular flexibility index (Phi) is 4.43. The maximum atomic E-state index is 11.4. The molecule has 1 aromatic rings. The highest BCUT2D eigenvalue weighted by atomic mass is 79.9. The van der Waals surface area contributed by atoms with Gasteiger partial charge in [-0.05, 0) is 18.2 Å². The van der Waals surface area contributed by atoms with Crippen LogP contribution in [-0.4, -0.2) is 9.88 Å². The van der Waals surface area contributed by atoms with Crippen molar-refractivity contribution in [2.45, 2.75) is 4.90 Å². The van der Waals surface area contributed by atoms with Gasteiger partial charge in [0.15, 0.2) is 4.90 Å². The first-order chi connectivity index (χ1) is 5.84. The van der Waals surface area contributed by atoms with Crippen LogP contribution in [0, 0.1) is 0 Å². The lowest BCUT2D eigenvalue weighted by Gasteiger charge is -2.02. The van der Waals surface area contributed by atoms with Crippen molar-refractivity contribution in [1.29, 1.82) is 0 Å². The molecule has 0 aliphatic heterocycles. The quantitative estimate of drug-likeness (QED) is 0.593. The van der Waals surface area contributed by atoms with Gasteiger partial charge in [-0.2, -0.15) is 0 Å². The van der Waals surface area contributed by atoms with Gasteiger partial charge >= 0.3 is 0 Å². The zero-order valence-electron chi connectivity index (χ0n) is 6.44. The molecule has 64 valence electrons. The highest BCUT2D eigenvalue weighted by molar-refractivity contribution is 9.09. The monoisotopic (exact) mass is 244 g/mol. The van der Waals surface area contributed by atoms with Crippen LogP contribution in [0.4, 0.5) is 0 Å². The molecular formula is C9H9BrOS. The van der Waals surface area contributed by atoms with E-state index in [1.807, 2.05) is 36.4 Å². The molecular weight excluding hydrogens is 236 g/mol. The van der Waals surface area contributed by atoms with Gasteiger partial charge in [0.25, 0.3) is 0 Å². The van der Waals surface area contributed by atoms with Crippen LogP contribution in [0.15, 0.2) is 46.7 Å². The summed E-state index contributed by atoms with van der Waals surface area (Å²) >= 11 is 2.24. The van der Waals surface area contributed by atoms with Crippen molar-refractivity contribution in [2.24, 2.45) is 0 Å². The van der Waals surface area contributed by atoms with Gasteiger partial charge in [0.2, 0.25) is 0 Å². The van der Waals surface area contributed by atoms with E-state index in [0.717, 1.165) is 10.2 Å². The van der Waals surface area contributed by atoms with Crippen LogP contribution in [0.5, 0.6) is 0 Å².